The monoisotopic (exact) mass is 329 g/mol. The fourth-order valence-corrected chi connectivity index (χ4v) is 2.21. The summed E-state index contributed by atoms with van der Waals surface area (Å²) in [4.78, 5) is 0. The van der Waals surface area contributed by atoms with E-state index in [4.69, 9.17) is 27.9 Å². The molecular formula is C13H16Cl2F3NO. The highest BCUT2D eigenvalue weighted by Gasteiger charge is 2.41. The van der Waals surface area contributed by atoms with E-state index in [0.717, 1.165) is 0 Å². The van der Waals surface area contributed by atoms with Crippen molar-refractivity contribution in [2.24, 2.45) is 0 Å². The molecule has 7 heteroatoms. The molecule has 1 aromatic carbocycles. The smallest absolute Gasteiger partial charge is 0.407 e. The number of nitrogens with one attached hydrogen (secondary N) is 1. The molecule has 20 heavy (non-hydrogen) atoms. The number of benzene rings is 1. The predicted octanol–water partition coefficient (Wildman–Crippen LogP) is 5.00. The highest BCUT2D eigenvalue weighted by Crippen LogP contribution is 2.40. The molecule has 1 atom stereocenters. The van der Waals surface area contributed by atoms with Crippen LogP contribution in [0.2, 0.25) is 10.0 Å². The average Bonchev–Trinajstić information content (AvgIpc) is 2.34. The molecule has 1 rings (SSSR count). The van der Waals surface area contributed by atoms with Crippen molar-refractivity contribution >= 4 is 23.2 Å². The minimum absolute atomic E-state index is 0.0243. The van der Waals surface area contributed by atoms with Crippen LogP contribution in [0, 0.1) is 0 Å². The predicted molar refractivity (Wildman–Crippen MR) is 74.7 cm³/mol. The Morgan fingerprint density at radius 3 is 2.35 bits per heavy atom. The molecule has 0 saturated heterocycles. The van der Waals surface area contributed by atoms with Crippen molar-refractivity contribution in [3.8, 4) is 5.75 Å². The number of alkyl halides is 3. The van der Waals surface area contributed by atoms with Crippen LogP contribution in [-0.4, -0.2) is 19.3 Å². The van der Waals surface area contributed by atoms with Gasteiger partial charge in [-0.25, -0.2) is 0 Å². The quantitative estimate of drug-likeness (QED) is 0.793. The topological polar surface area (TPSA) is 21.3 Å². The van der Waals surface area contributed by atoms with E-state index in [-0.39, 0.29) is 27.9 Å². The standard InChI is InChI=1S/C13H16Cl2F3NO/c1-3-5-19-12(13(16,17)18)8-6-10(15)11(20-4-2)7-9(8)14/h6-7,12,19H,3-5H2,1-2H3. The molecule has 0 heterocycles. The molecule has 0 aliphatic heterocycles. The average molecular weight is 330 g/mol. The normalized spacial score (nSPS) is 13.3. The molecule has 0 fully saturated rings. The number of hydrogen-bond acceptors (Lipinski definition) is 2. The highest BCUT2D eigenvalue weighted by molar-refractivity contribution is 6.34. The minimum atomic E-state index is -4.45. The van der Waals surface area contributed by atoms with Gasteiger partial charge in [-0.15, -0.1) is 0 Å². The Bertz CT molecular complexity index is 452. The molecule has 0 spiro atoms. The Kier molecular flexibility index (Phi) is 6.43. The van der Waals surface area contributed by atoms with E-state index in [1.54, 1.807) is 13.8 Å². The van der Waals surface area contributed by atoms with Crippen molar-refractivity contribution < 1.29 is 17.9 Å². The van der Waals surface area contributed by atoms with Gasteiger partial charge in [-0.3, -0.25) is 0 Å². The molecule has 0 aromatic heterocycles. The lowest BCUT2D eigenvalue weighted by atomic mass is 10.1. The summed E-state index contributed by atoms with van der Waals surface area (Å²) in [5.41, 5.74) is -0.0962. The van der Waals surface area contributed by atoms with Gasteiger partial charge in [0.15, 0.2) is 0 Å². The molecule has 0 aliphatic carbocycles. The van der Waals surface area contributed by atoms with Crippen molar-refractivity contribution in [1.82, 2.24) is 5.32 Å². The minimum Gasteiger partial charge on any atom is -0.492 e. The maximum absolute atomic E-state index is 13.1. The van der Waals surface area contributed by atoms with Gasteiger partial charge in [0.2, 0.25) is 0 Å². The molecule has 114 valence electrons. The van der Waals surface area contributed by atoms with Crippen molar-refractivity contribution in [2.75, 3.05) is 13.2 Å². The van der Waals surface area contributed by atoms with Crippen LogP contribution in [0.5, 0.6) is 5.75 Å². The number of hydrogen-bond donors (Lipinski definition) is 1. The van der Waals surface area contributed by atoms with Crippen molar-refractivity contribution in [3.05, 3.63) is 27.7 Å². The Balaban J connectivity index is 3.17. The molecule has 0 amide bonds. The largest absolute Gasteiger partial charge is 0.492 e. The second-order valence-corrected chi connectivity index (χ2v) is 4.98. The third-order valence-corrected chi connectivity index (χ3v) is 3.21. The Morgan fingerprint density at radius 2 is 1.85 bits per heavy atom. The molecule has 0 radical (unpaired) electrons. The molecule has 0 bridgehead atoms. The molecule has 1 N–H and O–H groups in total. The molecule has 1 unspecified atom stereocenters. The van der Waals surface area contributed by atoms with Gasteiger partial charge in [0.1, 0.15) is 11.8 Å². The van der Waals surface area contributed by atoms with Crippen LogP contribution in [-0.2, 0) is 0 Å². The van der Waals surface area contributed by atoms with Gasteiger partial charge in [0, 0.05) is 11.1 Å². The number of halogens is 5. The fourth-order valence-electron chi connectivity index (χ4n) is 1.72. The summed E-state index contributed by atoms with van der Waals surface area (Å²) in [6.45, 7) is 4.12. The summed E-state index contributed by atoms with van der Waals surface area (Å²) in [7, 11) is 0. The van der Waals surface area contributed by atoms with Gasteiger partial charge in [-0.2, -0.15) is 13.2 Å². The van der Waals surface area contributed by atoms with Crippen LogP contribution in [0.1, 0.15) is 31.9 Å². The molecule has 1 aromatic rings. The fraction of sp³-hybridized carbons (Fsp3) is 0.538. The van der Waals surface area contributed by atoms with Crippen LogP contribution in [0.3, 0.4) is 0 Å². The summed E-state index contributed by atoms with van der Waals surface area (Å²) in [6.07, 6.45) is -3.87. The van der Waals surface area contributed by atoms with Gasteiger partial charge in [-0.05, 0) is 31.5 Å². The van der Waals surface area contributed by atoms with Crippen LogP contribution in [0.4, 0.5) is 13.2 Å². The first kappa shape index (κ1) is 17.4. The van der Waals surface area contributed by atoms with E-state index in [2.05, 4.69) is 5.32 Å². The van der Waals surface area contributed by atoms with E-state index in [0.29, 0.717) is 13.0 Å². The Morgan fingerprint density at radius 1 is 1.20 bits per heavy atom. The van der Waals surface area contributed by atoms with E-state index >= 15 is 0 Å². The van der Waals surface area contributed by atoms with E-state index in [1.807, 2.05) is 0 Å². The molecule has 0 aliphatic rings. The second-order valence-electron chi connectivity index (χ2n) is 4.17. The Labute approximate surface area is 126 Å². The van der Waals surface area contributed by atoms with Crippen LogP contribution in [0.25, 0.3) is 0 Å². The van der Waals surface area contributed by atoms with Crippen LogP contribution < -0.4 is 10.1 Å². The van der Waals surface area contributed by atoms with Gasteiger partial charge >= 0.3 is 6.18 Å². The van der Waals surface area contributed by atoms with Crippen molar-refractivity contribution in [1.29, 1.82) is 0 Å². The van der Waals surface area contributed by atoms with E-state index in [1.165, 1.54) is 12.1 Å². The number of ether oxygens (including phenoxy) is 1. The first-order chi connectivity index (χ1) is 9.31. The van der Waals surface area contributed by atoms with Gasteiger partial charge in [0.05, 0.1) is 11.6 Å². The molecule has 2 nitrogen and oxygen atoms in total. The third-order valence-electron chi connectivity index (χ3n) is 2.59. The summed E-state index contributed by atoms with van der Waals surface area (Å²) in [6, 6.07) is 0.674. The van der Waals surface area contributed by atoms with Gasteiger partial charge in [0.25, 0.3) is 0 Å². The summed E-state index contributed by atoms with van der Waals surface area (Å²) in [5.74, 6) is 0.277. The zero-order chi connectivity index (χ0) is 15.3. The number of rotatable bonds is 6. The zero-order valence-electron chi connectivity index (χ0n) is 11.2. The van der Waals surface area contributed by atoms with Gasteiger partial charge < -0.3 is 10.1 Å². The maximum atomic E-state index is 13.1. The summed E-state index contributed by atoms with van der Waals surface area (Å²) in [5, 5.41) is 2.52. The third kappa shape index (κ3) is 4.43. The Hall–Kier alpha value is -0.650. The van der Waals surface area contributed by atoms with Gasteiger partial charge in [-0.1, -0.05) is 30.1 Å². The second kappa shape index (κ2) is 7.38. The summed E-state index contributed by atoms with van der Waals surface area (Å²) < 4.78 is 44.5. The highest BCUT2D eigenvalue weighted by atomic mass is 35.5. The molecule has 0 saturated carbocycles. The lowest BCUT2D eigenvalue weighted by molar-refractivity contribution is -0.157. The molecular weight excluding hydrogens is 314 g/mol. The van der Waals surface area contributed by atoms with E-state index in [9.17, 15) is 13.2 Å². The van der Waals surface area contributed by atoms with Crippen LogP contribution >= 0.6 is 23.2 Å². The lowest BCUT2D eigenvalue weighted by Gasteiger charge is -2.23. The lowest BCUT2D eigenvalue weighted by Crippen LogP contribution is -2.34. The summed E-state index contributed by atoms with van der Waals surface area (Å²) >= 11 is 11.9. The first-order valence-corrected chi connectivity index (χ1v) is 6.98. The first-order valence-electron chi connectivity index (χ1n) is 6.23. The zero-order valence-corrected chi connectivity index (χ0v) is 12.7. The SMILES string of the molecule is CCCNC(c1cc(Cl)c(OCC)cc1Cl)C(F)(F)F. The van der Waals surface area contributed by atoms with Crippen LogP contribution in [0.15, 0.2) is 12.1 Å². The van der Waals surface area contributed by atoms with E-state index < -0.39 is 12.2 Å². The maximum Gasteiger partial charge on any atom is 0.407 e. The van der Waals surface area contributed by atoms with Crippen molar-refractivity contribution in [2.45, 2.75) is 32.5 Å². The van der Waals surface area contributed by atoms with Crippen molar-refractivity contribution in [3.63, 3.8) is 0 Å².